The maximum absolute atomic E-state index is 13.8. The van der Waals surface area contributed by atoms with Gasteiger partial charge in [-0.05, 0) is 54.9 Å². The highest BCUT2D eigenvalue weighted by atomic mass is 32.1. The minimum absolute atomic E-state index is 0.0449. The van der Waals surface area contributed by atoms with Gasteiger partial charge in [0.15, 0.2) is 5.69 Å². The first-order valence-corrected chi connectivity index (χ1v) is 11.7. The van der Waals surface area contributed by atoms with Gasteiger partial charge in [-0.15, -0.1) is 0 Å². The lowest BCUT2D eigenvalue weighted by molar-refractivity contribution is -0.122. The molecule has 0 aliphatic heterocycles. The largest absolute Gasteiger partial charge is 0.495 e. The van der Waals surface area contributed by atoms with Crippen LogP contribution in [-0.4, -0.2) is 41.8 Å². The summed E-state index contributed by atoms with van der Waals surface area (Å²) < 4.78 is 9.47. The molecule has 0 spiro atoms. The number of rotatable bonds is 11. The summed E-state index contributed by atoms with van der Waals surface area (Å²) in [6.45, 7) is 8.47. The van der Waals surface area contributed by atoms with Crippen LogP contribution in [0.5, 0.6) is 5.75 Å². The summed E-state index contributed by atoms with van der Waals surface area (Å²) in [5.74, 6) is -0.775. The Morgan fingerprint density at radius 3 is 2.48 bits per heavy atom. The van der Waals surface area contributed by atoms with E-state index in [1.807, 2.05) is 19.9 Å². The summed E-state index contributed by atoms with van der Waals surface area (Å²) in [5, 5.41) is 2.95. The number of amides is 3. The molecule has 2 rings (SSSR count). The zero-order valence-electron chi connectivity index (χ0n) is 19.8. The van der Waals surface area contributed by atoms with Gasteiger partial charge in [0.2, 0.25) is 5.91 Å². The fourth-order valence-electron chi connectivity index (χ4n) is 3.40. The number of benzene rings is 1. The molecule has 0 saturated carbocycles. The Balaban J connectivity index is 2.60. The lowest BCUT2D eigenvalue weighted by atomic mass is 10.0. The molecule has 0 aliphatic rings. The van der Waals surface area contributed by atoms with Crippen molar-refractivity contribution < 1.29 is 19.1 Å². The number of nitrogens with two attached hydrogens (primary N) is 2. The zero-order chi connectivity index (χ0) is 24.7. The van der Waals surface area contributed by atoms with Crippen LogP contribution in [0.15, 0.2) is 18.2 Å². The van der Waals surface area contributed by atoms with Gasteiger partial charge in [0.25, 0.3) is 11.8 Å². The number of primary amides is 1. The number of anilines is 2. The van der Waals surface area contributed by atoms with Crippen LogP contribution in [0.3, 0.4) is 0 Å². The Labute approximate surface area is 198 Å². The summed E-state index contributed by atoms with van der Waals surface area (Å²) in [4.78, 5) is 40.2. The van der Waals surface area contributed by atoms with E-state index in [4.69, 9.17) is 16.2 Å². The van der Waals surface area contributed by atoms with E-state index in [1.165, 1.54) is 12.0 Å². The van der Waals surface area contributed by atoms with Crippen molar-refractivity contribution in [2.75, 3.05) is 24.3 Å². The number of carbonyl (C=O) groups excluding carboxylic acids is 3. The third-order valence-corrected chi connectivity index (χ3v) is 6.02. The molecule has 1 aromatic heterocycles. The minimum atomic E-state index is -0.820. The van der Waals surface area contributed by atoms with Gasteiger partial charge in [-0.25, -0.2) is 0 Å². The van der Waals surface area contributed by atoms with Crippen LogP contribution in [0.1, 0.15) is 65.8 Å². The van der Waals surface area contributed by atoms with Crippen molar-refractivity contribution in [3.05, 3.63) is 34.3 Å². The van der Waals surface area contributed by atoms with Gasteiger partial charge in [0.1, 0.15) is 16.7 Å². The quantitative estimate of drug-likeness (QED) is 0.456. The molecule has 0 radical (unpaired) electrons. The van der Waals surface area contributed by atoms with Gasteiger partial charge in [0, 0.05) is 6.54 Å². The zero-order valence-corrected chi connectivity index (χ0v) is 20.6. The molecule has 1 aromatic carbocycles. The second-order valence-electron chi connectivity index (χ2n) is 8.27. The molecule has 0 fully saturated rings. The number of aryl methyl sites for hydroxylation is 1. The second kappa shape index (κ2) is 11.6. The van der Waals surface area contributed by atoms with Crippen LogP contribution >= 0.6 is 11.5 Å². The molecule has 5 N–H and O–H groups in total. The van der Waals surface area contributed by atoms with E-state index >= 15 is 0 Å². The second-order valence-corrected chi connectivity index (χ2v) is 9.04. The van der Waals surface area contributed by atoms with Gasteiger partial charge < -0.3 is 21.5 Å². The number of carbonyl (C=O) groups is 3. The molecule has 10 heteroatoms. The molecule has 2 aromatic rings. The van der Waals surface area contributed by atoms with Gasteiger partial charge in [0.05, 0.1) is 18.5 Å². The number of methoxy groups -OCH3 is 1. The smallest absolute Gasteiger partial charge is 0.272 e. The van der Waals surface area contributed by atoms with E-state index in [1.54, 1.807) is 12.1 Å². The van der Waals surface area contributed by atoms with Crippen molar-refractivity contribution in [3.8, 4) is 5.75 Å². The molecule has 0 bridgehead atoms. The van der Waals surface area contributed by atoms with Gasteiger partial charge >= 0.3 is 0 Å². The van der Waals surface area contributed by atoms with Crippen LogP contribution in [-0.2, 0) is 4.79 Å². The highest BCUT2D eigenvalue weighted by Crippen LogP contribution is 2.35. The number of aromatic nitrogens is 1. The van der Waals surface area contributed by atoms with Crippen LogP contribution in [0.4, 0.5) is 11.4 Å². The van der Waals surface area contributed by atoms with Crippen molar-refractivity contribution >= 4 is 40.6 Å². The Morgan fingerprint density at radius 2 is 1.94 bits per heavy atom. The molecule has 0 unspecified atom stereocenters. The number of nitrogens with zero attached hydrogens (tertiary/aromatic N) is 2. The van der Waals surface area contributed by atoms with Gasteiger partial charge in [-0.1, -0.05) is 33.3 Å². The summed E-state index contributed by atoms with van der Waals surface area (Å²) in [6.07, 6.45) is 1.89. The van der Waals surface area contributed by atoms with Crippen molar-refractivity contribution in [3.63, 3.8) is 0 Å². The number of hydrogen-bond acceptors (Lipinski definition) is 7. The van der Waals surface area contributed by atoms with Crippen LogP contribution in [0, 0.1) is 12.8 Å². The molecule has 0 saturated heterocycles. The number of hydrogen-bond donors (Lipinski definition) is 3. The Bertz CT molecular complexity index is 1000. The van der Waals surface area contributed by atoms with E-state index in [9.17, 15) is 14.4 Å². The Morgan fingerprint density at radius 1 is 1.24 bits per heavy atom. The first-order valence-electron chi connectivity index (χ1n) is 10.9. The maximum atomic E-state index is 13.8. The van der Waals surface area contributed by atoms with Crippen molar-refractivity contribution in [1.29, 1.82) is 0 Å². The van der Waals surface area contributed by atoms with E-state index in [2.05, 4.69) is 23.5 Å². The monoisotopic (exact) mass is 475 g/mol. The van der Waals surface area contributed by atoms with E-state index < -0.39 is 17.9 Å². The SMILES string of the molecule is CCC[C@H](C(=O)NCCC(C)C)N(C(=O)c1snc(C(N)=O)c1N)c1cc(C)ccc1OC. The average Bonchev–Trinajstić information content (AvgIpc) is 3.14. The summed E-state index contributed by atoms with van der Waals surface area (Å²) in [6, 6.07) is 4.57. The highest BCUT2D eigenvalue weighted by Gasteiger charge is 2.35. The van der Waals surface area contributed by atoms with Crippen LogP contribution < -0.4 is 26.4 Å². The Kier molecular flexibility index (Phi) is 9.22. The lowest BCUT2D eigenvalue weighted by Crippen LogP contribution is -2.50. The molecule has 9 nitrogen and oxygen atoms in total. The van der Waals surface area contributed by atoms with Crippen molar-refractivity contribution in [2.45, 2.75) is 53.0 Å². The standard InChI is InChI=1S/C23H33N5O4S/c1-6-7-15(22(30)26-11-10-13(2)3)28(16-12-14(4)8-9-17(16)32-5)23(31)20-18(24)19(21(25)29)27-33-20/h8-9,12-13,15H,6-7,10-11,24H2,1-5H3,(H2,25,29)(H,26,30)/t15-/m1/s1. The number of nitrogens with one attached hydrogen (secondary N) is 1. The van der Waals surface area contributed by atoms with Gasteiger partial charge in [-0.3, -0.25) is 19.3 Å². The molecular weight excluding hydrogens is 442 g/mol. The van der Waals surface area contributed by atoms with Crippen molar-refractivity contribution in [2.24, 2.45) is 11.7 Å². The third kappa shape index (κ3) is 6.22. The molecule has 1 heterocycles. The van der Waals surface area contributed by atoms with E-state index in [-0.39, 0.29) is 22.2 Å². The predicted molar refractivity (Wildman–Crippen MR) is 131 cm³/mol. The maximum Gasteiger partial charge on any atom is 0.272 e. The molecule has 1 atom stereocenters. The molecule has 0 aliphatic carbocycles. The first-order chi connectivity index (χ1) is 15.6. The molecule has 180 valence electrons. The molecule has 3 amide bonds. The minimum Gasteiger partial charge on any atom is -0.495 e. The normalized spacial score (nSPS) is 11.8. The number of nitrogen functional groups attached to an aromatic ring is 1. The summed E-state index contributed by atoms with van der Waals surface area (Å²) >= 11 is 0.783. The first kappa shape index (κ1) is 26.1. The van der Waals surface area contributed by atoms with Gasteiger partial charge in [-0.2, -0.15) is 4.37 Å². The predicted octanol–water partition coefficient (Wildman–Crippen LogP) is 3.12. The fraction of sp³-hybridized carbons (Fsp3) is 0.478. The third-order valence-electron chi connectivity index (χ3n) is 5.17. The van der Waals surface area contributed by atoms with Crippen LogP contribution in [0.2, 0.25) is 0 Å². The van der Waals surface area contributed by atoms with E-state index in [0.29, 0.717) is 36.7 Å². The topological polar surface area (TPSA) is 141 Å². The summed E-state index contributed by atoms with van der Waals surface area (Å²) in [7, 11) is 1.50. The average molecular weight is 476 g/mol. The van der Waals surface area contributed by atoms with Crippen molar-refractivity contribution in [1.82, 2.24) is 9.69 Å². The fourth-order valence-corrected chi connectivity index (χ4v) is 4.14. The Hall–Kier alpha value is -3.14. The molecular formula is C23H33N5O4S. The number of ether oxygens (including phenoxy) is 1. The summed E-state index contributed by atoms with van der Waals surface area (Å²) in [5.41, 5.74) is 12.5. The highest BCUT2D eigenvalue weighted by molar-refractivity contribution is 7.09. The molecule has 33 heavy (non-hydrogen) atoms. The van der Waals surface area contributed by atoms with Crippen LogP contribution in [0.25, 0.3) is 0 Å². The van der Waals surface area contributed by atoms with E-state index in [0.717, 1.165) is 23.5 Å². The lowest BCUT2D eigenvalue weighted by Gasteiger charge is -2.32.